The number of esters is 1. The van der Waals surface area contributed by atoms with E-state index in [1.807, 2.05) is 42.5 Å². The van der Waals surface area contributed by atoms with E-state index in [0.29, 0.717) is 24.2 Å². The lowest BCUT2D eigenvalue weighted by molar-refractivity contribution is 0.0489. The molecule has 7 nitrogen and oxygen atoms in total. The number of halogens is 1. The van der Waals surface area contributed by atoms with Gasteiger partial charge in [-0.15, -0.1) is 0 Å². The number of carbonyl (C=O) groups is 1. The molecule has 28 heavy (non-hydrogen) atoms. The van der Waals surface area contributed by atoms with E-state index in [1.165, 1.54) is 4.57 Å². The molecule has 0 saturated carbocycles. The van der Waals surface area contributed by atoms with Crippen LogP contribution in [0.3, 0.4) is 0 Å². The number of ether oxygens (including phenoxy) is 1. The number of aromatic amines is 1. The smallest absolute Gasteiger partial charge is 0.419 e. The van der Waals surface area contributed by atoms with Crippen molar-refractivity contribution in [1.82, 2.24) is 14.8 Å². The number of oxazole rings is 1. The minimum atomic E-state index is -0.486. The molecule has 0 bridgehead atoms. The lowest BCUT2D eigenvalue weighted by atomic mass is 10.1. The molecule has 0 amide bonds. The SMILES string of the molecule is O=C(OCCCn1c(=O)oc2ccccc21)c1cc(-c2ccc(Br)cc2)n[nH]1. The first kappa shape index (κ1) is 18.2. The van der Waals surface area contributed by atoms with Crippen molar-refractivity contribution in [2.75, 3.05) is 6.61 Å². The summed E-state index contributed by atoms with van der Waals surface area (Å²) in [6, 6.07) is 16.5. The van der Waals surface area contributed by atoms with Crippen LogP contribution in [-0.2, 0) is 11.3 Å². The quantitative estimate of drug-likeness (QED) is 0.360. The van der Waals surface area contributed by atoms with Crippen molar-refractivity contribution >= 4 is 33.0 Å². The van der Waals surface area contributed by atoms with Gasteiger partial charge in [0.1, 0.15) is 5.69 Å². The Morgan fingerprint density at radius 3 is 2.79 bits per heavy atom. The van der Waals surface area contributed by atoms with Gasteiger partial charge >= 0.3 is 11.7 Å². The first-order valence-corrected chi connectivity index (χ1v) is 9.48. The third-order valence-electron chi connectivity index (χ3n) is 4.27. The summed E-state index contributed by atoms with van der Waals surface area (Å²) in [5.41, 5.74) is 3.11. The normalized spacial score (nSPS) is 11.0. The zero-order valence-corrected chi connectivity index (χ0v) is 16.3. The predicted molar refractivity (Wildman–Crippen MR) is 107 cm³/mol. The number of carbonyl (C=O) groups excluding carboxylic acids is 1. The Labute approximate surface area is 168 Å². The highest BCUT2D eigenvalue weighted by Crippen LogP contribution is 2.20. The maximum absolute atomic E-state index is 12.2. The zero-order chi connectivity index (χ0) is 19.5. The summed E-state index contributed by atoms with van der Waals surface area (Å²) in [6.07, 6.45) is 0.489. The summed E-state index contributed by atoms with van der Waals surface area (Å²) in [4.78, 5) is 24.1. The summed E-state index contributed by atoms with van der Waals surface area (Å²) in [5, 5.41) is 6.85. The molecule has 2 aromatic carbocycles. The van der Waals surface area contributed by atoms with Crippen molar-refractivity contribution in [1.29, 1.82) is 0 Å². The van der Waals surface area contributed by atoms with Crippen molar-refractivity contribution < 1.29 is 13.9 Å². The van der Waals surface area contributed by atoms with E-state index in [-0.39, 0.29) is 12.3 Å². The molecule has 0 unspecified atom stereocenters. The number of nitrogens with zero attached hydrogens (tertiary/aromatic N) is 2. The number of aromatic nitrogens is 3. The molecule has 2 heterocycles. The number of rotatable bonds is 6. The Morgan fingerprint density at radius 1 is 1.18 bits per heavy atom. The largest absolute Gasteiger partial charge is 0.461 e. The van der Waals surface area contributed by atoms with Crippen molar-refractivity contribution in [3.8, 4) is 11.3 Å². The summed E-state index contributed by atoms with van der Waals surface area (Å²) in [5.74, 6) is -0.902. The molecule has 0 radical (unpaired) electrons. The average molecular weight is 442 g/mol. The fourth-order valence-electron chi connectivity index (χ4n) is 2.89. The standard InChI is InChI=1S/C20H16BrN3O4/c21-14-8-6-13(7-9-14)15-12-16(23-22-15)19(25)27-11-3-10-24-17-4-1-2-5-18(17)28-20(24)26/h1-2,4-9,12H,3,10-11H2,(H,22,23). The lowest BCUT2D eigenvalue weighted by Gasteiger charge is -2.04. The van der Waals surface area contributed by atoms with Crippen LogP contribution in [0.2, 0.25) is 0 Å². The third kappa shape index (κ3) is 3.77. The molecule has 1 N–H and O–H groups in total. The molecule has 0 atom stereocenters. The monoisotopic (exact) mass is 441 g/mol. The number of para-hydroxylation sites is 2. The van der Waals surface area contributed by atoms with E-state index in [1.54, 1.807) is 12.1 Å². The molecule has 0 saturated heterocycles. The molecule has 4 rings (SSSR count). The third-order valence-corrected chi connectivity index (χ3v) is 4.80. The van der Waals surface area contributed by atoms with E-state index in [9.17, 15) is 9.59 Å². The summed E-state index contributed by atoms with van der Waals surface area (Å²) in [6.45, 7) is 0.577. The molecule has 0 aliphatic rings. The van der Waals surface area contributed by atoms with Gasteiger partial charge in [0.25, 0.3) is 0 Å². The van der Waals surface area contributed by atoms with Crippen LogP contribution in [0, 0.1) is 0 Å². The van der Waals surface area contributed by atoms with Crippen molar-refractivity contribution in [3.05, 3.63) is 75.3 Å². The van der Waals surface area contributed by atoms with Crippen LogP contribution in [-0.4, -0.2) is 27.3 Å². The molecular weight excluding hydrogens is 426 g/mol. The number of nitrogens with one attached hydrogen (secondary N) is 1. The van der Waals surface area contributed by atoms with E-state index in [4.69, 9.17) is 9.15 Å². The first-order valence-electron chi connectivity index (χ1n) is 8.69. The van der Waals surface area contributed by atoms with Crippen LogP contribution in [0.1, 0.15) is 16.9 Å². The Kier molecular flexibility index (Phi) is 5.12. The fraction of sp³-hybridized carbons (Fsp3) is 0.150. The highest BCUT2D eigenvalue weighted by Gasteiger charge is 2.13. The molecule has 4 aromatic rings. The number of hydrogen-bond acceptors (Lipinski definition) is 5. The van der Waals surface area contributed by atoms with Crippen molar-refractivity contribution in [3.63, 3.8) is 0 Å². The Balaban J connectivity index is 1.34. The molecule has 2 aromatic heterocycles. The molecule has 142 valence electrons. The Hall–Kier alpha value is -3.13. The minimum Gasteiger partial charge on any atom is -0.461 e. The highest BCUT2D eigenvalue weighted by molar-refractivity contribution is 9.10. The van der Waals surface area contributed by atoms with Gasteiger partial charge in [0.05, 0.1) is 17.8 Å². The maximum atomic E-state index is 12.2. The molecule has 0 aliphatic heterocycles. The average Bonchev–Trinajstić information content (AvgIpc) is 3.30. The van der Waals surface area contributed by atoms with Gasteiger partial charge < -0.3 is 9.15 Å². The molecule has 8 heteroatoms. The first-order chi connectivity index (χ1) is 13.6. The predicted octanol–water partition coefficient (Wildman–Crippen LogP) is 3.99. The van der Waals surface area contributed by atoms with Crippen LogP contribution in [0.25, 0.3) is 22.4 Å². The van der Waals surface area contributed by atoms with E-state index >= 15 is 0 Å². The van der Waals surface area contributed by atoms with Crippen molar-refractivity contribution in [2.24, 2.45) is 0 Å². The van der Waals surface area contributed by atoms with Gasteiger partial charge in [0.15, 0.2) is 5.58 Å². The van der Waals surface area contributed by atoms with Gasteiger partial charge in [-0.3, -0.25) is 9.67 Å². The number of fused-ring (bicyclic) bond motifs is 1. The number of H-pyrrole nitrogens is 1. The number of aryl methyl sites for hydroxylation is 1. The van der Waals surface area contributed by atoms with Gasteiger partial charge in [-0.2, -0.15) is 5.10 Å². The van der Waals surface area contributed by atoms with E-state index in [0.717, 1.165) is 15.6 Å². The lowest BCUT2D eigenvalue weighted by Crippen LogP contribution is -2.16. The van der Waals surface area contributed by atoms with Gasteiger partial charge in [-0.05, 0) is 36.8 Å². The summed E-state index contributed by atoms with van der Waals surface area (Å²) in [7, 11) is 0. The Morgan fingerprint density at radius 2 is 1.96 bits per heavy atom. The van der Waals surface area contributed by atoms with Crippen LogP contribution in [0.15, 0.2) is 68.3 Å². The van der Waals surface area contributed by atoms with Crippen LogP contribution in [0.5, 0.6) is 0 Å². The van der Waals surface area contributed by atoms with Gasteiger partial charge in [0, 0.05) is 16.6 Å². The molecular formula is C20H16BrN3O4. The van der Waals surface area contributed by atoms with Crippen LogP contribution < -0.4 is 5.76 Å². The second-order valence-electron chi connectivity index (χ2n) is 6.15. The maximum Gasteiger partial charge on any atom is 0.419 e. The van der Waals surface area contributed by atoms with Crippen molar-refractivity contribution in [2.45, 2.75) is 13.0 Å². The second-order valence-corrected chi connectivity index (χ2v) is 7.07. The topological polar surface area (TPSA) is 90.1 Å². The van der Waals surface area contributed by atoms with Gasteiger partial charge in [-0.1, -0.05) is 40.2 Å². The number of benzene rings is 2. The molecule has 0 fully saturated rings. The Bertz CT molecular complexity index is 1170. The summed E-state index contributed by atoms with van der Waals surface area (Å²) < 4.78 is 13.0. The summed E-state index contributed by atoms with van der Waals surface area (Å²) >= 11 is 3.38. The van der Waals surface area contributed by atoms with E-state index < -0.39 is 11.7 Å². The van der Waals surface area contributed by atoms with Gasteiger partial charge in [0.2, 0.25) is 0 Å². The molecule has 0 aliphatic carbocycles. The van der Waals surface area contributed by atoms with Crippen LogP contribution in [0.4, 0.5) is 0 Å². The molecule has 0 spiro atoms. The van der Waals surface area contributed by atoms with Crippen LogP contribution >= 0.6 is 15.9 Å². The minimum absolute atomic E-state index is 0.178. The highest BCUT2D eigenvalue weighted by atomic mass is 79.9. The number of hydrogen-bond donors (Lipinski definition) is 1. The van der Waals surface area contributed by atoms with Gasteiger partial charge in [-0.25, -0.2) is 9.59 Å². The zero-order valence-electron chi connectivity index (χ0n) is 14.7. The second kappa shape index (κ2) is 7.85. The van der Waals surface area contributed by atoms with E-state index in [2.05, 4.69) is 26.1 Å². The fourth-order valence-corrected chi connectivity index (χ4v) is 3.15.